The maximum absolute atomic E-state index is 5.58. The largest absolute Gasteiger partial charge is 0.494 e. The third kappa shape index (κ3) is 3.58. The van der Waals surface area contributed by atoms with E-state index in [4.69, 9.17) is 4.74 Å². The van der Waals surface area contributed by atoms with Crippen LogP contribution in [0.4, 0.5) is 0 Å². The summed E-state index contributed by atoms with van der Waals surface area (Å²) in [6.45, 7) is 9.43. The van der Waals surface area contributed by atoms with Gasteiger partial charge in [0.1, 0.15) is 5.75 Å². The highest BCUT2D eigenvalue weighted by Gasteiger charge is 2.04. The lowest BCUT2D eigenvalue weighted by Gasteiger charge is -2.12. The lowest BCUT2D eigenvalue weighted by molar-refractivity contribution is 0.339. The normalized spacial score (nSPS) is 10.7. The van der Waals surface area contributed by atoms with Gasteiger partial charge in [0, 0.05) is 0 Å². The Morgan fingerprint density at radius 3 is 2.40 bits per heavy atom. The van der Waals surface area contributed by atoms with Crippen LogP contribution in [-0.4, -0.2) is 6.61 Å². The molecule has 0 aliphatic carbocycles. The van der Waals surface area contributed by atoms with Crippen molar-refractivity contribution in [3.8, 4) is 5.75 Å². The van der Waals surface area contributed by atoms with E-state index in [2.05, 4.69) is 39.0 Å². The first kappa shape index (κ1) is 12.1. The van der Waals surface area contributed by atoms with Gasteiger partial charge >= 0.3 is 0 Å². The number of rotatable bonds is 5. The topological polar surface area (TPSA) is 9.23 Å². The maximum atomic E-state index is 5.58. The molecule has 1 rings (SSSR count). The Hall–Kier alpha value is -0.980. The van der Waals surface area contributed by atoms with Gasteiger partial charge in [-0.2, -0.15) is 0 Å². The Labute approximate surface area is 93.5 Å². The van der Waals surface area contributed by atoms with Gasteiger partial charge in [0.15, 0.2) is 0 Å². The first-order valence-corrected chi connectivity index (χ1v) is 5.94. The van der Waals surface area contributed by atoms with Crippen LogP contribution in [0.25, 0.3) is 0 Å². The maximum Gasteiger partial charge on any atom is 0.119 e. The zero-order valence-corrected chi connectivity index (χ0v) is 10.3. The van der Waals surface area contributed by atoms with Gasteiger partial charge in [-0.1, -0.05) is 33.3 Å². The highest BCUT2D eigenvalue weighted by atomic mass is 16.5. The third-order valence-electron chi connectivity index (χ3n) is 2.50. The lowest BCUT2D eigenvalue weighted by atomic mass is 9.98. The van der Waals surface area contributed by atoms with Crippen molar-refractivity contribution in [3.63, 3.8) is 0 Å². The molecule has 0 saturated heterocycles. The van der Waals surface area contributed by atoms with Crippen molar-refractivity contribution < 1.29 is 4.74 Å². The molecular weight excluding hydrogens is 184 g/mol. The predicted octanol–water partition coefficient (Wildman–Crippen LogP) is 4.16. The Morgan fingerprint density at radius 2 is 1.87 bits per heavy atom. The first-order chi connectivity index (χ1) is 7.17. The van der Waals surface area contributed by atoms with Crippen molar-refractivity contribution in [2.75, 3.05) is 6.61 Å². The summed E-state index contributed by atoms with van der Waals surface area (Å²) in [6.07, 6.45) is 2.33. The quantitative estimate of drug-likeness (QED) is 0.703. The molecule has 0 N–H and O–H groups in total. The Balaban J connectivity index is 2.97. The molecule has 0 aliphatic heterocycles. The fourth-order valence-corrected chi connectivity index (χ4v) is 1.70. The second kappa shape index (κ2) is 5.79. The van der Waals surface area contributed by atoms with Gasteiger partial charge < -0.3 is 4.74 Å². The second-order valence-electron chi connectivity index (χ2n) is 4.25. The van der Waals surface area contributed by atoms with E-state index in [-0.39, 0.29) is 0 Å². The SMILES string of the molecule is CCCc1cc(OCC)cc(C(C)C)c1. The Bertz CT molecular complexity index is 278. The monoisotopic (exact) mass is 206 g/mol. The standard InChI is InChI=1S/C14H22O/c1-5-7-12-8-13(11(3)4)10-14(9-12)15-6-2/h8-11H,5-7H2,1-4H3. The minimum Gasteiger partial charge on any atom is -0.494 e. The molecular formula is C14H22O. The molecule has 1 aromatic carbocycles. The van der Waals surface area contributed by atoms with Crippen LogP contribution in [0.3, 0.4) is 0 Å². The molecule has 0 spiro atoms. The van der Waals surface area contributed by atoms with Crippen molar-refractivity contribution in [2.45, 2.75) is 46.5 Å². The minimum atomic E-state index is 0.570. The Kier molecular flexibility index (Phi) is 4.67. The van der Waals surface area contributed by atoms with E-state index in [1.54, 1.807) is 0 Å². The smallest absolute Gasteiger partial charge is 0.119 e. The van der Waals surface area contributed by atoms with Crippen molar-refractivity contribution >= 4 is 0 Å². The number of aryl methyl sites for hydroxylation is 1. The summed E-state index contributed by atoms with van der Waals surface area (Å²) in [5, 5.41) is 0. The molecule has 0 aliphatic rings. The molecule has 0 fully saturated rings. The average molecular weight is 206 g/mol. The molecule has 0 amide bonds. The molecule has 0 heterocycles. The average Bonchev–Trinajstić information content (AvgIpc) is 2.18. The van der Waals surface area contributed by atoms with Crippen molar-refractivity contribution in [3.05, 3.63) is 29.3 Å². The fourth-order valence-electron chi connectivity index (χ4n) is 1.70. The molecule has 84 valence electrons. The van der Waals surface area contributed by atoms with E-state index < -0.39 is 0 Å². The van der Waals surface area contributed by atoms with Crippen molar-refractivity contribution in [1.29, 1.82) is 0 Å². The van der Waals surface area contributed by atoms with Crippen LogP contribution in [-0.2, 0) is 6.42 Å². The fraction of sp³-hybridized carbons (Fsp3) is 0.571. The van der Waals surface area contributed by atoms with E-state index in [0.717, 1.165) is 18.8 Å². The van der Waals surface area contributed by atoms with Crippen LogP contribution < -0.4 is 4.74 Å². The second-order valence-corrected chi connectivity index (χ2v) is 4.25. The summed E-state index contributed by atoms with van der Waals surface area (Å²) < 4.78 is 5.58. The van der Waals surface area contributed by atoms with E-state index >= 15 is 0 Å². The Morgan fingerprint density at radius 1 is 1.13 bits per heavy atom. The molecule has 0 aromatic heterocycles. The number of benzene rings is 1. The third-order valence-corrected chi connectivity index (χ3v) is 2.50. The molecule has 0 atom stereocenters. The molecule has 0 radical (unpaired) electrons. The molecule has 0 saturated carbocycles. The summed E-state index contributed by atoms with van der Waals surface area (Å²) >= 11 is 0. The molecule has 0 unspecified atom stereocenters. The zero-order valence-electron chi connectivity index (χ0n) is 10.3. The summed E-state index contributed by atoms with van der Waals surface area (Å²) in [7, 11) is 0. The van der Waals surface area contributed by atoms with Crippen LogP contribution in [0.5, 0.6) is 5.75 Å². The predicted molar refractivity (Wildman–Crippen MR) is 65.7 cm³/mol. The number of hydrogen-bond acceptors (Lipinski definition) is 1. The van der Waals surface area contributed by atoms with Crippen LogP contribution in [0.2, 0.25) is 0 Å². The van der Waals surface area contributed by atoms with Gasteiger partial charge in [-0.25, -0.2) is 0 Å². The van der Waals surface area contributed by atoms with E-state index in [9.17, 15) is 0 Å². The molecule has 0 bridgehead atoms. The van der Waals surface area contributed by atoms with Gasteiger partial charge in [-0.3, -0.25) is 0 Å². The van der Waals surface area contributed by atoms with Gasteiger partial charge in [-0.05, 0) is 42.5 Å². The summed E-state index contributed by atoms with van der Waals surface area (Å²) in [6, 6.07) is 6.63. The van der Waals surface area contributed by atoms with Gasteiger partial charge in [0.05, 0.1) is 6.61 Å². The van der Waals surface area contributed by atoms with E-state index in [1.807, 2.05) is 6.92 Å². The first-order valence-electron chi connectivity index (χ1n) is 5.94. The van der Waals surface area contributed by atoms with Gasteiger partial charge in [0.25, 0.3) is 0 Å². The molecule has 1 nitrogen and oxygen atoms in total. The van der Waals surface area contributed by atoms with Crippen LogP contribution >= 0.6 is 0 Å². The lowest BCUT2D eigenvalue weighted by Crippen LogP contribution is -1.97. The highest BCUT2D eigenvalue weighted by molar-refractivity contribution is 5.36. The molecule has 1 aromatic rings. The summed E-state index contributed by atoms with van der Waals surface area (Å²) in [5.41, 5.74) is 2.77. The van der Waals surface area contributed by atoms with Crippen LogP contribution in [0.1, 0.15) is 51.2 Å². The highest BCUT2D eigenvalue weighted by Crippen LogP contribution is 2.23. The minimum absolute atomic E-state index is 0.570. The van der Waals surface area contributed by atoms with Crippen LogP contribution in [0, 0.1) is 0 Å². The summed E-state index contributed by atoms with van der Waals surface area (Å²) in [5.74, 6) is 1.59. The van der Waals surface area contributed by atoms with Crippen LogP contribution in [0.15, 0.2) is 18.2 Å². The number of ether oxygens (including phenoxy) is 1. The van der Waals surface area contributed by atoms with E-state index in [0.29, 0.717) is 5.92 Å². The van der Waals surface area contributed by atoms with E-state index in [1.165, 1.54) is 17.5 Å². The zero-order chi connectivity index (χ0) is 11.3. The van der Waals surface area contributed by atoms with Gasteiger partial charge in [-0.15, -0.1) is 0 Å². The van der Waals surface area contributed by atoms with Crippen molar-refractivity contribution in [1.82, 2.24) is 0 Å². The molecule has 15 heavy (non-hydrogen) atoms. The number of hydrogen-bond donors (Lipinski definition) is 0. The van der Waals surface area contributed by atoms with Crippen molar-refractivity contribution in [2.24, 2.45) is 0 Å². The molecule has 1 heteroatoms. The van der Waals surface area contributed by atoms with Gasteiger partial charge in [0.2, 0.25) is 0 Å². The summed E-state index contributed by atoms with van der Waals surface area (Å²) in [4.78, 5) is 0.